The zero-order chi connectivity index (χ0) is 23.6. The molecule has 0 aliphatic carbocycles. The van der Waals surface area contributed by atoms with Crippen molar-refractivity contribution in [2.24, 2.45) is 24.1 Å². The molecule has 4 N–H and O–H groups in total. The van der Waals surface area contributed by atoms with Crippen LogP contribution < -0.4 is 16.6 Å². The van der Waals surface area contributed by atoms with Gasteiger partial charge in [-0.1, -0.05) is 0 Å². The van der Waals surface area contributed by atoms with Gasteiger partial charge in [-0.15, -0.1) is 0 Å². The molecular weight excluding hydrogens is 428 g/mol. The molecule has 1 spiro atoms. The topological polar surface area (TPSA) is 152 Å². The summed E-state index contributed by atoms with van der Waals surface area (Å²) in [6, 6.07) is 1.41. The Hall–Kier alpha value is -3.47. The maximum atomic E-state index is 13.1. The Morgan fingerprint density at radius 1 is 1.30 bits per heavy atom. The number of ether oxygens (including phenoxy) is 1. The third-order valence-corrected chi connectivity index (χ3v) is 6.91. The summed E-state index contributed by atoms with van der Waals surface area (Å²) in [6.07, 6.45) is 6.58. The molecule has 2 aliphatic rings. The van der Waals surface area contributed by atoms with E-state index in [1.165, 1.54) is 29.4 Å². The summed E-state index contributed by atoms with van der Waals surface area (Å²) in [4.78, 5) is 57.9. The maximum Gasteiger partial charge on any atom is 0.265 e. The van der Waals surface area contributed by atoms with Gasteiger partial charge in [-0.2, -0.15) is 0 Å². The lowest BCUT2D eigenvalue weighted by Crippen LogP contribution is -2.55. The molecule has 2 fully saturated rings. The van der Waals surface area contributed by atoms with E-state index in [-0.39, 0.29) is 40.0 Å². The Balaban J connectivity index is 1.51. The molecule has 0 bridgehead atoms. The number of nitrogens with two attached hydrogens (primary N) is 1. The van der Waals surface area contributed by atoms with Crippen LogP contribution in [0.15, 0.2) is 29.6 Å². The smallest absolute Gasteiger partial charge is 0.265 e. The quantitative estimate of drug-likeness (QED) is 0.571. The van der Waals surface area contributed by atoms with Crippen LogP contribution in [0, 0.1) is 11.3 Å². The first-order chi connectivity index (χ1) is 15.8. The number of aromatic amines is 1. The van der Waals surface area contributed by atoms with Gasteiger partial charge in [-0.25, -0.2) is 4.98 Å². The number of hydrogen-bond donors (Lipinski definition) is 3. The number of primary amides is 1. The summed E-state index contributed by atoms with van der Waals surface area (Å²) in [5, 5.41) is 2.94. The number of likely N-dealkylation sites (tertiary alicyclic amines) is 1. The van der Waals surface area contributed by atoms with Gasteiger partial charge in [-0.3, -0.25) is 19.2 Å². The second kappa shape index (κ2) is 9.18. The van der Waals surface area contributed by atoms with Crippen molar-refractivity contribution in [3.8, 4) is 0 Å². The molecule has 11 heteroatoms. The van der Waals surface area contributed by atoms with Gasteiger partial charge in [0.05, 0.1) is 11.9 Å². The van der Waals surface area contributed by atoms with E-state index in [0.29, 0.717) is 38.4 Å². The number of aromatic nitrogens is 3. The summed E-state index contributed by atoms with van der Waals surface area (Å²) in [7, 11) is 1.56. The van der Waals surface area contributed by atoms with Gasteiger partial charge in [0.15, 0.2) is 0 Å². The average Bonchev–Trinajstić information content (AvgIpc) is 3.31. The fraction of sp³-hybridized carbons (Fsp3) is 0.500. The lowest BCUT2D eigenvalue weighted by molar-refractivity contribution is -0.0526. The van der Waals surface area contributed by atoms with E-state index >= 15 is 0 Å². The van der Waals surface area contributed by atoms with Crippen LogP contribution in [0.5, 0.6) is 0 Å². The standard InChI is InChI=1S/C22H28N6O5/c1-27-13-24-11-16(20(27)31)21(32)28-5-2-22(3-6-33-7-4-22)15(12-28)10-26-19(30)14-8-17(18(23)29)25-9-14/h8-9,11,13,15,25H,2-7,10,12H2,1H3,(H2,23,29)(H,26,30). The molecule has 1 unspecified atom stereocenters. The number of carbonyl (C=O) groups is 3. The molecule has 2 aliphatic heterocycles. The Morgan fingerprint density at radius 2 is 2.06 bits per heavy atom. The number of rotatable bonds is 5. The fourth-order valence-electron chi connectivity index (χ4n) is 4.82. The van der Waals surface area contributed by atoms with Gasteiger partial charge >= 0.3 is 0 Å². The van der Waals surface area contributed by atoms with E-state index in [1.807, 2.05) is 0 Å². The van der Waals surface area contributed by atoms with Gasteiger partial charge in [0.25, 0.3) is 23.3 Å². The van der Waals surface area contributed by atoms with Gasteiger partial charge in [-0.05, 0) is 36.7 Å². The Morgan fingerprint density at radius 3 is 2.76 bits per heavy atom. The Labute approximate surface area is 190 Å². The monoisotopic (exact) mass is 456 g/mol. The number of carbonyl (C=O) groups excluding carboxylic acids is 3. The van der Waals surface area contributed by atoms with Gasteiger partial charge < -0.3 is 30.2 Å². The third kappa shape index (κ3) is 4.54. The lowest BCUT2D eigenvalue weighted by atomic mass is 9.65. The molecule has 4 rings (SSSR count). The molecule has 0 aromatic carbocycles. The van der Waals surface area contributed by atoms with E-state index in [2.05, 4.69) is 15.3 Å². The summed E-state index contributed by atoms with van der Waals surface area (Å²) in [5.41, 5.74) is 5.31. The second-order valence-corrected chi connectivity index (χ2v) is 8.77. The van der Waals surface area contributed by atoms with Crippen molar-refractivity contribution in [2.45, 2.75) is 19.3 Å². The molecule has 0 saturated carbocycles. The van der Waals surface area contributed by atoms with Crippen molar-refractivity contribution in [1.29, 1.82) is 0 Å². The van der Waals surface area contributed by atoms with Crippen LogP contribution >= 0.6 is 0 Å². The number of hydrogen-bond acceptors (Lipinski definition) is 6. The van der Waals surface area contributed by atoms with Crippen LogP contribution in [0.1, 0.15) is 50.5 Å². The normalized spacial score (nSPS) is 19.9. The lowest BCUT2D eigenvalue weighted by Gasteiger charge is -2.50. The molecule has 2 saturated heterocycles. The largest absolute Gasteiger partial charge is 0.381 e. The molecule has 1 atom stereocenters. The Bertz CT molecular complexity index is 1120. The van der Waals surface area contributed by atoms with Crippen molar-refractivity contribution in [3.05, 3.63) is 52.0 Å². The molecular formula is C22H28N6O5. The minimum Gasteiger partial charge on any atom is -0.381 e. The first-order valence-corrected chi connectivity index (χ1v) is 10.9. The van der Waals surface area contributed by atoms with Crippen molar-refractivity contribution in [3.63, 3.8) is 0 Å². The number of amides is 3. The highest BCUT2D eigenvalue weighted by atomic mass is 16.5. The van der Waals surface area contributed by atoms with E-state index < -0.39 is 5.91 Å². The maximum absolute atomic E-state index is 13.1. The number of nitrogens with zero attached hydrogens (tertiary/aromatic N) is 3. The van der Waals surface area contributed by atoms with Crippen LogP contribution in [0.3, 0.4) is 0 Å². The zero-order valence-electron chi connectivity index (χ0n) is 18.5. The van der Waals surface area contributed by atoms with E-state index in [9.17, 15) is 19.2 Å². The van der Waals surface area contributed by atoms with Crippen molar-refractivity contribution in [1.82, 2.24) is 24.8 Å². The van der Waals surface area contributed by atoms with E-state index in [1.54, 1.807) is 11.9 Å². The van der Waals surface area contributed by atoms with Crippen molar-refractivity contribution in [2.75, 3.05) is 32.8 Å². The van der Waals surface area contributed by atoms with Gasteiger partial charge in [0, 0.05) is 52.3 Å². The predicted octanol–water partition coefficient (Wildman–Crippen LogP) is -0.104. The second-order valence-electron chi connectivity index (χ2n) is 8.77. The van der Waals surface area contributed by atoms with Crippen molar-refractivity contribution >= 4 is 17.7 Å². The molecule has 33 heavy (non-hydrogen) atoms. The van der Waals surface area contributed by atoms with Crippen LogP contribution in [0.4, 0.5) is 0 Å². The van der Waals surface area contributed by atoms with Crippen molar-refractivity contribution < 1.29 is 19.1 Å². The Kier molecular flexibility index (Phi) is 6.32. The predicted molar refractivity (Wildman–Crippen MR) is 118 cm³/mol. The van der Waals surface area contributed by atoms with Crippen LogP contribution in [0.25, 0.3) is 0 Å². The van der Waals surface area contributed by atoms with Gasteiger partial charge in [0.2, 0.25) is 0 Å². The van der Waals surface area contributed by atoms with E-state index in [4.69, 9.17) is 10.5 Å². The number of H-pyrrole nitrogens is 1. The number of nitrogens with one attached hydrogen (secondary N) is 2. The van der Waals surface area contributed by atoms with Crippen LogP contribution in [-0.2, 0) is 11.8 Å². The molecule has 2 aromatic heterocycles. The highest BCUT2D eigenvalue weighted by Crippen LogP contribution is 2.44. The summed E-state index contributed by atoms with van der Waals surface area (Å²) < 4.78 is 6.85. The molecule has 4 heterocycles. The fourth-order valence-corrected chi connectivity index (χ4v) is 4.82. The summed E-state index contributed by atoms with van der Waals surface area (Å²) in [5.74, 6) is -1.33. The summed E-state index contributed by atoms with van der Waals surface area (Å²) >= 11 is 0. The highest BCUT2D eigenvalue weighted by Gasteiger charge is 2.45. The minimum absolute atomic E-state index is 0.0156. The molecule has 2 aromatic rings. The molecule has 3 amide bonds. The van der Waals surface area contributed by atoms with Crippen LogP contribution in [-0.4, -0.2) is 70.0 Å². The summed E-state index contributed by atoms with van der Waals surface area (Å²) in [6.45, 7) is 2.57. The zero-order valence-corrected chi connectivity index (χ0v) is 18.5. The minimum atomic E-state index is -0.641. The van der Waals surface area contributed by atoms with Crippen LogP contribution in [0.2, 0.25) is 0 Å². The average molecular weight is 457 g/mol. The first kappa shape index (κ1) is 22.7. The third-order valence-electron chi connectivity index (χ3n) is 6.91. The SMILES string of the molecule is Cn1cncc(C(=O)N2CCC3(CCOCC3)C(CNC(=O)c3c[nH]c(C(N)=O)c3)C2)c1=O. The number of piperidine rings is 1. The molecule has 0 radical (unpaired) electrons. The number of aryl methyl sites for hydroxylation is 1. The van der Waals surface area contributed by atoms with Gasteiger partial charge in [0.1, 0.15) is 11.3 Å². The van der Waals surface area contributed by atoms with E-state index in [0.717, 1.165) is 19.3 Å². The first-order valence-electron chi connectivity index (χ1n) is 10.9. The molecule has 176 valence electrons. The molecule has 11 nitrogen and oxygen atoms in total. The highest BCUT2D eigenvalue weighted by molar-refractivity contribution is 5.98.